The molecule has 0 saturated carbocycles. The molecular weight excluding hydrogens is 246 g/mol. The fraction of sp³-hybridized carbons (Fsp3) is 0.200. The average molecular weight is 262 g/mol. The highest BCUT2D eigenvalue weighted by Crippen LogP contribution is 2.30. The number of methoxy groups -OCH3 is 1. The molecule has 3 heteroatoms. The summed E-state index contributed by atoms with van der Waals surface area (Å²) in [5.41, 5.74) is 3.51. The van der Waals surface area contributed by atoms with Gasteiger partial charge in [0, 0.05) is 6.54 Å². The summed E-state index contributed by atoms with van der Waals surface area (Å²) in [7, 11) is 3.56. The summed E-state index contributed by atoms with van der Waals surface area (Å²) in [6.07, 6.45) is 0. The van der Waals surface area contributed by atoms with Crippen LogP contribution in [-0.2, 0) is 6.54 Å². The van der Waals surface area contributed by atoms with E-state index in [1.54, 1.807) is 7.11 Å². The molecule has 0 bridgehead atoms. The molecule has 18 heavy (non-hydrogen) atoms. The van der Waals surface area contributed by atoms with Gasteiger partial charge in [0.25, 0.3) is 0 Å². The Morgan fingerprint density at radius 1 is 1.11 bits per heavy atom. The van der Waals surface area contributed by atoms with E-state index in [1.807, 2.05) is 25.2 Å². The van der Waals surface area contributed by atoms with Crippen molar-refractivity contribution in [3.05, 3.63) is 53.1 Å². The monoisotopic (exact) mass is 261 g/mol. The van der Waals surface area contributed by atoms with E-state index in [-0.39, 0.29) is 0 Å². The van der Waals surface area contributed by atoms with E-state index in [1.165, 1.54) is 5.56 Å². The third kappa shape index (κ3) is 2.84. The van der Waals surface area contributed by atoms with Crippen LogP contribution in [0.15, 0.2) is 42.5 Å². The van der Waals surface area contributed by atoms with Crippen molar-refractivity contribution in [1.82, 2.24) is 5.32 Å². The molecule has 1 N–H and O–H groups in total. The van der Waals surface area contributed by atoms with Gasteiger partial charge in [-0.2, -0.15) is 0 Å². The lowest BCUT2D eigenvalue weighted by Crippen LogP contribution is -2.04. The largest absolute Gasteiger partial charge is 0.495 e. The summed E-state index contributed by atoms with van der Waals surface area (Å²) < 4.78 is 5.16. The molecule has 0 heterocycles. The van der Waals surface area contributed by atoms with Gasteiger partial charge >= 0.3 is 0 Å². The molecule has 94 valence electrons. The molecule has 2 nitrogen and oxygen atoms in total. The fourth-order valence-electron chi connectivity index (χ4n) is 1.91. The van der Waals surface area contributed by atoms with Crippen molar-refractivity contribution in [2.45, 2.75) is 6.54 Å². The zero-order valence-electron chi connectivity index (χ0n) is 10.5. The number of nitrogens with one attached hydrogen (secondary N) is 1. The van der Waals surface area contributed by atoms with Gasteiger partial charge in [-0.3, -0.25) is 0 Å². The highest BCUT2D eigenvalue weighted by molar-refractivity contribution is 6.32. The van der Waals surface area contributed by atoms with Gasteiger partial charge < -0.3 is 10.1 Å². The van der Waals surface area contributed by atoms with Crippen molar-refractivity contribution in [1.29, 1.82) is 0 Å². The van der Waals surface area contributed by atoms with Crippen LogP contribution in [0, 0.1) is 0 Å². The highest BCUT2D eigenvalue weighted by Gasteiger charge is 2.04. The highest BCUT2D eigenvalue weighted by atomic mass is 35.5. The Morgan fingerprint density at radius 3 is 2.56 bits per heavy atom. The second-order valence-electron chi connectivity index (χ2n) is 4.08. The van der Waals surface area contributed by atoms with Crippen LogP contribution in [0.1, 0.15) is 5.56 Å². The molecule has 0 fully saturated rings. The van der Waals surface area contributed by atoms with Gasteiger partial charge in [-0.05, 0) is 41.9 Å². The average Bonchev–Trinajstić information content (AvgIpc) is 2.39. The van der Waals surface area contributed by atoms with E-state index in [0.29, 0.717) is 10.8 Å². The molecule has 0 aliphatic rings. The number of benzene rings is 2. The lowest BCUT2D eigenvalue weighted by atomic mass is 10.0. The number of hydrogen-bond donors (Lipinski definition) is 1. The Morgan fingerprint density at radius 2 is 1.89 bits per heavy atom. The van der Waals surface area contributed by atoms with Crippen LogP contribution in [-0.4, -0.2) is 14.2 Å². The summed E-state index contributed by atoms with van der Waals surface area (Å²) in [5, 5.41) is 3.78. The van der Waals surface area contributed by atoms with Gasteiger partial charge in [0.1, 0.15) is 5.75 Å². The summed E-state index contributed by atoms with van der Waals surface area (Å²) in [5.74, 6) is 0.701. The first-order chi connectivity index (χ1) is 8.74. The second kappa shape index (κ2) is 5.89. The van der Waals surface area contributed by atoms with Crippen molar-refractivity contribution in [3.63, 3.8) is 0 Å². The molecule has 0 atom stereocenters. The minimum atomic E-state index is 0.633. The zero-order valence-corrected chi connectivity index (χ0v) is 11.3. The molecule has 2 aromatic rings. The van der Waals surface area contributed by atoms with Crippen molar-refractivity contribution < 1.29 is 4.74 Å². The molecule has 0 spiro atoms. The van der Waals surface area contributed by atoms with Crippen LogP contribution >= 0.6 is 11.6 Å². The molecule has 0 aromatic heterocycles. The molecule has 2 aromatic carbocycles. The topological polar surface area (TPSA) is 21.3 Å². The third-order valence-electron chi connectivity index (χ3n) is 2.79. The maximum Gasteiger partial charge on any atom is 0.137 e. The zero-order chi connectivity index (χ0) is 13.0. The van der Waals surface area contributed by atoms with E-state index in [9.17, 15) is 0 Å². The Balaban J connectivity index is 2.36. The van der Waals surface area contributed by atoms with Crippen molar-refractivity contribution in [2.24, 2.45) is 0 Å². The van der Waals surface area contributed by atoms with E-state index in [0.717, 1.165) is 17.7 Å². The molecular formula is C15H16ClNO. The van der Waals surface area contributed by atoms with Gasteiger partial charge in [-0.1, -0.05) is 35.9 Å². The van der Waals surface area contributed by atoms with Crippen LogP contribution in [0.25, 0.3) is 11.1 Å². The van der Waals surface area contributed by atoms with E-state index < -0.39 is 0 Å². The Hall–Kier alpha value is -1.51. The second-order valence-corrected chi connectivity index (χ2v) is 4.49. The van der Waals surface area contributed by atoms with E-state index in [4.69, 9.17) is 16.3 Å². The normalized spacial score (nSPS) is 10.4. The first-order valence-electron chi connectivity index (χ1n) is 5.82. The number of halogens is 1. The summed E-state index contributed by atoms with van der Waals surface area (Å²) in [6.45, 7) is 0.859. The molecule has 0 unspecified atom stereocenters. The van der Waals surface area contributed by atoms with Crippen LogP contribution in [0.5, 0.6) is 5.75 Å². The molecule has 0 amide bonds. The molecule has 0 saturated heterocycles. The molecule has 0 aliphatic heterocycles. The van der Waals surface area contributed by atoms with Crippen molar-refractivity contribution in [3.8, 4) is 16.9 Å². The standard InChI is InChI=1S/C15H16ClNO/c1-17-10-11-4-3-5-12(8-11)13-6-7-15(18-2)14(16)9-13/h3-9,17H,10H2,1-2H3. The van der Waals surface area contributed by atoms with Crippen LogP contribution in [0.2, 0.25) is 5.02 Å². The predicted octanol–water partition coefficient (Wildman–Crippen LogP) is 3.74. The van der Waals surface area contributed by atoms with Crippen LogP contribution in [0.3, 0.4) is 0 Å². The molecule has 0 aliphatic carbocycles. The van der Waals surface area contributed by atoms with Crippen molar-refractivity contribution in [2.75, 3.05) is 14.2 Å². The van der Waals surface area contributed by atoms with Gasteiger partial charge in [0.2, 0.25) is 0 Å². The number of hydrogen-bond acceptors (Lipinski definition) is 2. The maximum absolute atomic E-state index is 6.14. The maximum atomic E-state index is 6.14. The van der Waals surface area contributed by atoms with Gasteiger partial charge in [-0.15, -0.1) is 0 Å². The summed E-state index contributed by atoms with van der Waals surface area (Å²) in [6, 6.07) is 14.2. The first kappa shape index (κ1) is 12.9. The Bertz CT molecular complexity index is 540. The summed E-state index contributed by atoms with van der Waals surface area (Å²) in [4.78, 5) is 0. The smallest absolute Gasteiger partial charge is 0.137 e. The first-order valence-corrected chi connectivity index (χ1v) is 6.20. The van der Waals surface area contributed by atoms with Gasteiger partial charge in [-0.25, -0.2) is 0 Å². The quantitative estimate of drug-likeness (QED) is 0.905. The number of ether oxygens (including phenoxy) is 1. The lowest BCUT2D eigenvalue weighted by Gasteiger charge is -2.08. The number of rotatable bonds is 4. The minimum Gasteiger partial charge on any atom is -0.495 e. The predicted molar refractivity (Wildman–Crippen MR) is 76.2 cm³/mol. The molecule has 0 radical (unpaired) electrons. The summed E-state index contributed by atoms with van der Waals surface area (Å²) >= 11 is 6.14. The third-order valence-corrected chi connectivity index (χ3v) is 3.09. The van der Waals surface area contributed by atoms with Crippen molar-refractivity contribution >= 4 is 11.6 Å². The van der Waals surface area contributed by atoms with E-state index >= 15 is 0 Å². The van der Waals surface area contributed by atoms with Crippen LogP contribution < -0.4 is 10.1 Å². The fourth-order valence-corrected chi connectivity index (χ4v) is 2.17. The van der Waals surface area contributed by atoms with Gasteiger partial charge in [0.15, 0.2) is 0 Å². The van der Waals surface area contributed by atoms with E-state index in [2.05, 4.69) is 29.6 Å². The Labute approximate surface area is 113 Å². The molecule has 2 rings (SSSR count). The van der Waals surface area contributed by atoms with Gasteiger partial charge in [0.05, 0.1) is 12.1 Å². The SMILES string of the molecule is CNCc1cccc(-c2ccc(OC)c(Cl)c2)c1. The van der Waals surface area contributed by atoms with Crippen LogP contribution in [0.4, 0.5) is 0 Å². The minimum absolute atomic E-state index is 0.633. The Kier molecular flexibility index (Phi) is 4.24. The lowest BCUT2D eigenvalue weighted by molar-refractivity contribution is 0.415.